The number of fused-ring (bicyclic) bond motifs is 2. The second-order valence-corrected chi connectivity index (χ2v) is 6.92. The summed E-state index contributed by atoms with van der Waals surface area (Å²) in [6.45, 7) is 3.53. The molecular weight excluding hydrogens is 298 g/mol. The molecule has 0 fully saturated rings. The molecule has 0 saturated carbocycles. The number of hydrogen-bond acceptors (Lipinski definition) is 3. The van der Waals surface area contributed by atoms with E-state index in [2.05, 4.69) is 48.2 Å². The van der Waals surface area contributed by atoms with E-state index in [1.54, 1.807) is 0 Å². The number of anilines is 3. The van der Waals surface area contributed by atoms with Gasteiger partial charge in [-0.2, -0.15) is 0 Å². The third kappa shape index (κ3) is 2.21. The molecule has 0 radical (unpaired) electrons. The number of rotatable bonds is 2. The van der Waals surface area contributed by atoms with E-state index >= 15 is 0 Å². The van der Waals surface area contributed by atoms with Crippen molar-refractivity contribution in [3.8, 4) is 0 Å². The lowest BCUT2D eigenvalue weighted by Gasteiger charge is -2.30. The van der Waals surface area contributed by atoms with Crippen LogP contribution in [0.1, 0.15) is 24.1 Å². The van der Waals surface area contributed by atoms with Crippen LogP contribution in [0.15, 0.2) is 42.5 Å². The van der Waals surface area contributed by atoms with Crippen molar-refractivity contribution in [1.29, 1.82) is 0 Å². The molecule has 1 atom stereocenters. The highest BCUT2D eigenvalue weighted by Crippen LogP contribution is 2.48. The maximum Gasteiger partial charge on any atom is 0.241 e. The topological polar surface area (TPSA) is 26.8 Å². The first-order chi connectivity index (χ1) is 11.6. The Bertz CT molecular complexity index is 799. The van der Waals surface area contributed by atoms with Gasteiger partial charge in [-0.05, 0) is 50.7 Å². The first-order valence-corrected chi connectivity index (χ1v) is 8.53. The summed E-state index contributed by atoms with van der Waals surface area (Å²) in [5.41, 5.74) is 6.09. The molecule has 4 rings (SSSR count). The molecule has 1 unspecified atom stereocenters. The largest absolute Gasteiger partial charge is 0.339 e. The van der Waals surface area contributed by atoms with Crippen molar-refractivity contribution in [3.05, 3.63) is 53.6 Å². The van der Waals surface area contributed by atoms with Gasteiger partial charge in [-0.3, -0.25) is 4.79 Å². The first-order valence-electron chi connectivity index (χ1n) is 8.53. The van der Waals surface area contributed by atoms with Crippen LogP contribution in [0.3, 0.4) is 0 Å². The van der Waals surface area contributed by atoms with Crippen LogP contribution in [0.5, 0.6) is 0 Å². The summed E-state index contributed by atoms with van der Waals surface area (Å²) in [5, 5.41) is 0. The SMILES string of the molecule is CC1c2cccc3c2N(CC3)c2ccccc2N1C(=O)CN(C)C. The Morgan fingerprint density at radius 3 is 2.62 bits per heavy atom. The molecule has 0 saturated heterocycles. The van der Waals surface area contributed by atoms with E-state index in [9.17, 15) is 4.79 Å². The zero-order valence-corrected chi connectivity index (χ0v) is 14.5. The summed E-state index contributed by atoms with van der Waals surface area (Å²) in [4.78, 5) is 19.3. The predicted octanol–water partition coefficient (Wildman–Crippen LogP) is 3.35. The van der Waals surface area contributed by atoms with Gasteiger partial charge < -0.3 is 14.7 Å². The summed E-state index contributed by atoms with van der Waals surface area (Å²) in [7, 11) is 3.88. The fourth-order valence-corrected chi connectivity index (χ4v) is 4.01. The van der Waals surface area contributed by atoms with Crippen LogP contribution in [0.2, 0.25) is 0 Å². The van der Waals surface area contributed by atoms with Gasteiger partial charge in [-0.25, -0.2) is 0 Å². The van der Waals surface area contributed by atoms with Gasteiger partial charge in [0, 0.05) is 12.2 Å². The monoisotopic (exact) mass is 321 g/mol. The van der Waals surface area contributed by atoms with Crippen LogP contribution in [-0.2, 0) is 11.2 Å². The molecule has 2 aromatic carbocycles. The number of likely N-dealkylation sites (N-methyl/N-ethyl adjacent to an activating group) is 1. The van der Waals surface area contributed by atoms with E-state index in [0.29, 0.717) is 6.54 Å². The van der Waals surface area contributed by atoms with Crippen LogP contribution in [0, 0.1) is 0 Å². The summed E-state index contributed by atoms with van der Waals surface area (Å²) in [5.74, 6) is 0.138. The molecule has 2 heterocycles. The predicted molar refractivity (Wildman–Crippen MR) is 98.0 cm³/mol. The highest BCUT2D eigenvalue weighted by molar-refractivity contribution is 6.01. The summed E-state index contributed by atoms with van der Waals surface area (Å²) in [6, 6.07) is 14.8. The number of para-hydroxylation sites is 3. The van der Waals surface area contributed by atoms with Gasteiger partial charge >= 0.3 is 0 Å². The molecule has 4 nitrogen and oxygen atoms in total. The van der Waals surface area contributed by atoms with Gasteiger partial charge in [0.05, 0.1) is 24.0 Å². The zero-order chi connectivity index (χ0) is 16.8. The minimum Gasteiger partial charge on any atom is -0.339 e. The number of benzene rings is 2. The maximum absolute atomic E-state index is 13.0. The number of carbonyl (C=O) groups is 1. The summed E-state index contributed by atoms with van der Waals surface area (Å²) in [6.07, 6.45) is 1.07. The summed E-state index contributed by atoms with van der Waals surface area (Å²) < 4.78 is 0. The molecule has 0 N–H and O–H groups in total. The lowest BCUT2D eigenvalue weighted by atomic mass is 10.0. The van der Waals surface area contributed by atoms with Crippen LogP contribution in [0.25, 0.3) is 0 Å². The highest BCUT2D eigenvalue weighted by Gasteiger charge is 2.36. The number of nitrogens with zero attached hydrogens (tertiary/aromatic N) is 3. The lowest BCUT2D eigenvalue weighted by Crippen LogP contribution is -2.39. The van der Waals surface area contributed by atoms with Crippen LogP contribution >= 0.6 is 0 Å². The fourth-order valence-electron chi connectivity index (χ4n) is 4.01. The van der Waals surface area contributed by atoms with Gasteiger partial charge in [0.25, 0.3) is 0 Å². The van der Waals surface area contributed by atoms with Crippen molar-refractivity contribution in [1.82, 2.24) is 4.90 Å². The minimum absolute atomic E-state index is 0.0247. The second-order valence-electron chi connectivity index (χ2n) is 6.92. The van der Waals surface area contributed by atoms with E-state index in [0.717, 1.165) is 24.3 Å². The van der Waals surface area contributed by atoms with Gasteiger partial charge in [0.15, 0.2) is 0 Å². The first kappa shape index (κ1) is 15.2. The molecule has 24 heavy (non-hydrogen) atoms. The molecule has 2 aromatic rings. The van der Waals surface area contributed by atoms with E-state index in [-0.39, 0.29) is 11.9 Å². The average molecular weight is 321 g/mol. The van der Waals surface area contributed by atoms with E-state index in [1.165, 1.54) is 16.8 Å². The van der Waals surface area contributed by atoms with Gasteiger partial charge in [-0.1, -0.05) is 30.3 Å². The molecule has 0 aromatic heterocycles. The third-order valence-electron chi connectivity index (χ3n) is 5.02. The van der Waals surface area contributed by atoms with Crippen molar-refractivity contribution in [2.24, 2.45) is 0 Å². The number of amides is 1. The van der Waals surface area contributed by atoms with Gasteiger partial charge in [0.2, 0.25) is 5.91 Å². The third-order valence-corrected chi connectivity index (χ3v) is 5.02. The van der Waals surface area contributed by atoms with Crippen molar-refractivity contribution in [3.63, 3.8) is 0 Å². The molecule has 0 bridgehead atoms. The van der Waals surface area contributed by atoms with Crippen molar-refractivity contribution < 1.29 is 4.79 Å². The van der Waals surface area contributed by atoms with Crippen LogP contribution < -0.4 is 9.80 Å². The molecular formula is C20H23N3O. The van der Waals surface area contributed by atoms with E-state index in [4.69, 9.17) is 0 Å². The second kappa shape index (κ2) is 5.64. The Morgan fingerprint density at radius 2 is 1.88 bits per heavy atom. The Kier molecular flexibility index (Phi) is 3.57. The van der Waals surface area contributed by atoms with Crippen LogP contribution in [0.4, 0.5) is 17.1 Å². The van der Waals surface area contributed by atoms with Gasteiger partial charge in [0.1, 0.15) is 0 Å². The smallest absolute Gasteiger partial charge is 0.241 e. The zero-order valence-electron chi connectivity index (χ0n) is 14.5. The number of hydrogen-bond donors (Lipinski definition) is 0. The van der Waals surface area contributed by atoms with E-state index in [1.807, 2.05) is 30.0 Å². The highest BCUT2D eigenvalue weighted by atomic mass is 16.2. The normalized spacial score (nSPS) is 18.4. The molecule has 0 spiro atoms. The fraction of sp³-hybridized carbons (Fsp3) is 0.350. The molecule has 124 valence electrons. The average Bonchev–Trinajstić information content (AvgIpc) is 2.94. The van der Waals surface area contributed by atoms with Crippen molar-refractivity contribution in [2.45, 2.75) is 19.4 Å². The Labute approximate surface area is 143 Å². The Hall–Kier alpha value is -2.33. The summed E-state index contributed by atoms with van der Waals surface area (Å²) >= 11 is 0. The van der Waals surface area contributed by atoms with Crippen LogP contribution in [-0.4, -0.2) is 38.0 Å². The lowest BCUT2D eigenvalue weighted by molar-refractivity contribution is -0.119. The minimum atomic E-state index is 0.0247. The Morgan fingerprint density at radius 1 is 1.12 bits per heavy atom. The molecule has 2 aliphatic heterocycles. The molecule has 0 aliphatic carbocycles. The molecule has 1 amide bonds. The Balaban J connectivity index is 1.93. The van der Waals surface area contributed by atoms with E-state index < -0.39 is 0 Å². The van der Waals surface area contributed by atoms with Crippen molar-refractivity contribution in [2.75, 3.05) is 37.0 Å². The maximum atomic E-state index is 13.0. The quantitative estimate of drug-likeness (QED) is 0.849. The number of carbonyl (C=O) groups excluding carboxylic acids is 1. The standard InChI is InChI=1S/C20H23N3O/c1-14-16-8-6-7-15-11-12-22(20(15)16)17-9-4-5-10-18(17)23(14)19(24)13-21(2)3/h4-10,14H,11-13H2,1-3H3. The molecule has 2 aliphatic rings. The van der Waals surface area contributed by atoms with Gasteiger partial charge in [-0.15, -0.1) is 0 Å². The van der Waals surface area contributed by atoms with Crippen molar-refractivity contribution >= 4 is 23.0 Å². The molecule has 4 heteroatoms.